The molecule has 8 heteroatoms. The Hall–Kier alpha value is -1.57. The summed E-state index contributed by atoms with van der Waals surface area (Å²) in [4.78, 5) is 11.3. The topological polar surface area (TPSA) is 26.3 Å². The summed E-state index contributed by atoms with van der Waals surface area (Å²) in [6.45, 7) is -2.47. The molecule has 0 bridgehead atoms. The van der Waals surface area contributed by atoms with E-state index >= 15 is 0 Å². The number of benzene rings is 1. The Morgan fingerprint density at radius 2 is 1.90 bits per heavy atom. The number of halogens is 6. The SMILES string of the molecule is O=C(COCC(F)(F)C(F)F)Cc1ccc(F)cc1F. The molecule has 1 aromatic carbocycles. The monoisotopic (exact) mass is 300 g/mol. The van der Waals surface area contributed by atoms with Gasteiger partial charge in [-0.05, 0) is 11.6 Å². The lowest BCUT2D eigenvalue weighted by molar-refractivity contribution is -0.168. The van der Waals surface area contributed by atoms with Crippen LogP contribution in [0.3, 0.4) is 0 Å². The molecular weight excluding hydrogens is 290 g/mol. The van der Waals surface area contributed by atoms with Crippen LogP contribution < -0.4 is 0 Å². The maximum absolute atomic E-state index is 13.2. The molecule has 0 radical (unpaired) electrons. The Morgan fingerprint density at radius 1 is 1.25 bits per heavy atom. The van der Waals surface area contributed by atoms with Crippen molar-refractivity contribution >= 4 is 5.78 Å². The number of Topliss-reactive ketones (excluding diaryl/α,β-unsaturated/α-hetero) is 1. The van der Waals surface area contributed by atoms with Crippen molar-refractivity contribution in [2.24, 2.45) is 0 Å². The molecule has 0 unspecified atom stereocenters. The molecule has 0 fully saturated rings. The molecule has 1 aromatic rings. The summed E-state index contributed by atoms with van der Waals surface area (Å²) < 4.78 is 78.4. The van der Waals surface area contributed by atoms with Crippen molar-refractivity contribution in [3.8, 4) is 0 Å². The summed E-state index contributed by atoms with van der Waals surface area (Å²) in [6.07, 6.45) is -4.40. The smallest absolute Gasteiger partial charge is 0.330 e. The van der Waals surface area contributed by atoms with Crippen LogP contribution in [0.25, 0.3) is 0 Å². The van der Waals surface area contributed by atoms with E-state index in [4.69, 9.17) is 0 Å². The molecule has 0 amide bonds. The van der Waals surface area contributed by atoms with Gasteiger partial charge in [0, 0.05) is 12.5 Å². The second-order valence-electron chi connectivity index (χ2n) is 4.01. The van der Waals surface area contributed by atoms with Crippen LogP contribution in [0, 0.1) is 11.6 Å². The minimum Gasteiger partial charge on any atom is -0.367 e. The molecule has 20 heavy (non-hydrogen) atoms. The second-order valence-corrected chi connectivity index (χ2v) is 4.01. The zero-order chi connectivity index (χ0) is 15.3. The van der Waals surface area contributed by atoms with E-state index in [1.807, 2.05) is 0 Å². The average molecular weight is 300 g/mol. The molecule has 0 aliphatic rings. The average Bonchev–Trinajstić information content (AvgIpc) is 2.32. The number of hydrogen-bond donors (Lipinski definition) is 0. The van der Waals surface area contributed by atoms with Crippen LogP contribution in [-0.2, 0) is 16.0 Å². The van der Waals surface area contributed by atoms with Crippen molar-refractivity contribution < 1.29 is 35.9 Å². The van der Waals surface area contributed by atoms with Gasteiger partial charge in [0.2, 0.25) is 0 Å². The van der Waals surface area contributed by atoms with Gasteiger partial charge in [-0.1, -0.05) is 6.07 Å². The van der Waals surface area contributed by atoms with E-state index in [0.717, 1.165) is 12.1 Å². The van der Waals surface area contributed by atoms with Gasteiger partial charge in [-0.2, -0.15) is 8.78 Å². The van der Waals surface area contributed by atoms with Crippen LogP contribution >= 0.6 is 0 Å². The van der Waals surface area contributed by atoms with Gasteiger partial charge >= 0.3 is 12.3 Å². The predicted octanol–water partition coefficient (Wildman–Crippen LogP) is 2.99. The second kappa shape index (κ2) is 6.74. The first-order chi connectivity index (χ1) is 9.22. The van der Waals surface area contributed by atoms with Gasteiger partial charge in [0.05, 0.1) is 0 Å². The number of alkyl halides is 4. The molecule has 0 heterocycles. The fourth-order valence-electron chi connectivity index (χ4n) is 1.29. The lowest BCUT2D eigenvalue weighted by atomic mass is 10.1. The first-order valence-electron chi connectivity index (χ1n) is 5.41. The fraction of sp³-hybridized carbons (Fsp3) is 0.417. The van der Waals surface area contributed by atoms with E-state index < -0.39 is 49.4 Å². The first-order valence-corrected chi connectivity index (χ1v) is 5.41. The predicted molar refractivity (Wildman–Crippen MR) is 56.8 cm³/mol. The molecule has 0 aliphatic carbocycles. The zero-order valence-corrected chi connectivity index (χ0v) is 10.0. The molecule has 0 atom stereocenters. The van der Waals surface area contributed by atoms with Crippen molar-refractivity contribution in [2.45, 2.75) is 18.8 Å². The number of carbonyl (C=O) groups excluding carboxylic acids is 1. The number of carbonyl (C=O) groups is 1. The molecule has 0 saturated carbocycles. The molecule has 0 saturated heterocycles. The molecule has 1 rings (SSSR count). The van der Waals surface area contributed by atoms with E-state index in [1.54, 1.807) is 0 Å². The number of rotatable bonds is 7. The summed E-state index contributed by atoms with van der Waals surface area (Å²) in [7, 11) is 0. The molecule has 0 aliphatic heterocycles. The highest BCUT2D eigenvalue weighted by Crippen LogP contribution is 2.22. The molecular formula is C12H10F6O2. The fourth-order valence-corrected chi connectivity index (χ4v) is 1.29. The molecule has 0 aromatic heterocycles. The minimum atomic E-state index is -4.35. The van der Waals surface area contributed by atoms with Crippen LogP contribution in [-0.4, -0.2) is 31.3 Å². The van der Waals surface area contributed by atoms with E-state index in [2.05, 4.69) is 4.74 Å². The third-order valence-corrected chi connectivity index (χ3v) is 2.28. The Kier molecular flexibility index (Phi) is 5.55. The maximum Gasteiger partial charge on any atom is 0.330 e. The van der Waals surface area contributed by atoms with Crippen LogP contribution in [0.2, 0.25) is 0 Å². The Morgan fingerprint density at radius 3 is 2.45 bits per heavy atom. The van der Waals surface area contributed by atoms with Gasteiger partial charge in [0.1, 0.15) is 24.8 Å². The van der Waals surface area contributed by atoms with Crippen LogP contribution in [0.5, 0.6) is 0 Å². The maximum atomic E-state index is 13.2. The molecule has 0 spiro atoms. The third-order valence-electron chi connectivity index (χ3n) is 2.28. The van der Waals surface area contributed by atoms with Gasteiger partial charge in [0.15, 0.2) is 5.78 Å². The standard InChI is InChI=1S/C12H10F6O2/c13-8-2-1-7(10(14)4-8)3-9(19)5-20-6-12(17,18)11(15)16/h1-2,4,11H,3,5-6H2. The number of ketones is 1. The van der Waals surface area contributed by atoms with Gasteiger partial charge in [-0.25, -0.2) is 17.6 Å². The summed E-state index contributed by atoms with van der Waals surface area (Å²) in [5.74, 6) is -6.93. The summed E-state index contributed by atoms with van der Waals surface area (Å²) >= 11 is 0. The van der Waals surface area contributed by atoms with Crippen molar-refractivity contribution in [2.75, 3.05) is 13.2 Å². The van der Waals surface area contributed by atoms with Crippen LogP contribution in [0.1, 0.15) is 5.56 Å². The summed E-state index contributed by atoms with van der Waals surface area (Å²) in [5.41, 5.74) is -0.138. The minimum absolute atomic E-state index is 0.138. The van der Waals surface area contributed by atoms with Gasteiger partial charge < -0.3 is 4.74 Å². The van der Waals surface area contributed by atoms with Crippen molar-refractivity contribution in [3.63, 3.8) is 0 Å². The third kappa shape index (κ3) is 4.84. The Labute approximate surface area is 110 Å². The lowest BCUT2D eigenvalue weighted by Crippen LogP contribution is -2.33. The van der Waals surface area contributed by atoms with Crippen molar-refractivity contribution in [3.05, 3.63) is 35.4 Å². The van der Waals surface area contributed by atoms with Crippen LogP contribution in [0.15, 0.2) is 18.2 Å². The summed E-state index contributed by atoms with van der Waals surface area (Å²) in [6, 6.07) is 2.52. The van der Waals surface area contributed by atoms with Gasteiger partial charge in [-0.15, -0.1) is 0 Å². The highest BCUT2D eigenvalue weighted by molar-refractivity contribution is 5.82. The van der Waals surface area contributed by atoms with Crippen LogP contribution in [0.4, 0.5) is 26.3 Å². The van der Waals surface area contributed by atoms with Gasteiger partial charge in [-0.3, -0.25) is 4.79 Å². The van der Waals surface area contributed by atoms with Crippen molar-refractivity contribution in [1.29, 1.82) is 0 Å². The van der Waals surface area contributed by atoms with Crippen molar-refractivity contribution in [1.82, 2.24) is 0 Å². The first kappa shape index (κ1) is 16.5. The molecule has 0 N–H and O–H groups in total. The molecule has 2 nitrogen and oxygen atoms in total. The largest absolute Gasteiger partial charge is 0.367 e. The zero-order valence-electron chi connectivity index (χ0n) is 10.0. The Bertz CT molecular complexity index is 475. The van der Waals surface area contributed by atoms with E-state index in [0.29, 0.717) is 6.07 Å². The number of ether oxygens (including phenoxy) is 1. The number of hydrogen-bond acceptors (Lipinski definition) is 2. The van der Waals surface area contributed by atoms with E-state index in [9.17, 15) is 31.1 Å². The quantitative estimate of drug-likeness (QED) is 0.724. The highest BCUT2D eigenvalue weighted by atomic mass is 19.3. The molecule has 112 valence electrons. The summed E-state index contributed by atoms with van der Waals surface area (Å²) in [5, 5.41) is 0. The normalized spacial score (nSPS) is 11.9. The highest BCUT2D eigenvalue weighted by Gasteiger charge is 2.41. The lowest BCUT2D eigenvalue weighted by Gasteiger charge is -2.14. The van der Waals surface area contributed by atoms with E-state index in [-0.39, 0.29) is 5.56 Å². The Balaban J connectivity index is 2.45. The van der Waals surface area contributed by atoms with E-state index in [1.165, 1.54) is 0 Å². The van der Waals surface area contributed by atoms with Gasteiger partial charge in [0.25, 0.3) is 0 Å².